The van der Waals surface area contributed by atoms with Crippen molar-refractivity contribution >= 4 is 11.6 Å². The number of anilines is 1. The normalized spacial score (nSPS) is 14.8. The average Bonchev–Trinajstić information content (AvgIpc) is 3.29. The number of benzene rings is 2. The van der Waals surface area contributed by atoms with Gasteiger partial charge in [-0.1, -0.05) is 30.3 Å². The van der Waals surface area contributed by atoms with Crippen molar-refractivity contribution in [2.24, 2.45) is 5.92 Å². The smallest absolute Gasteiger partial charge is 0.238 e. The molecule has 1 fully saturated rings. The summed E-state index contributed by atoms with van der Waals surface area (Å²) in [6.07, 6.45) is 6.06. The van der Waals surface area contributed by atoms with Gasteiger partial charge < -0.3 is 19.4 Å². The molecule has 1 amide bonds. The lowest BCUT2D eigenvalue weighted by Gasteiger charge is -2.31. The number of ether oxygens (including phenoxy) is 2. The second-order valence-corrected chi connectivity index (χ2v) is 8.11. The highest BCUT2D eigenvalue weighted by Crippen LogP contribution is 2.30. The molecule has 2 aromatic carbocycles. The van der Waals surface area contributed by atoms with E-state index in [2.05, 4.69) is 38.1 Å². The lowest BCUT2D eigenvalue weighted by molar-refractivity contribution is -0.117. The molecule has 0 unspecified atom stereocenters. The summed E-state index contributed by atoms with van der Waals surface area (Å²) < 4.78 is 12.8. The SMILES string of the molecule is COc1ccc(NC(=O)CN2CCC(Cn3ccnc3-c3ccccc3)CC2)cc1OC. The molecule has 1 aromatic heterocycles. The van der Waals surface area contributed by atoms with Gasteiger partial charge in [0.25, 0.3) is 0 Å². The molecule has 1 aliphatic rings. The van der Waals surface area contributed by atoms with Crippen molar-refractivity contribution in [3.63, 3.8) is 0 Å². The predicted molar refractivity (Wildman–Crippen MR) is 125 cm³/mol. The van der Waals surface area contributed by atoms with E-state index in [0.717, 1.165) is 43.9 Å². The molecule has 0 aliphatic carbocycles. The van der Waals surface area contributed by atoms with Crippen LogP contribution in [0.25, 0.3) is 11.4 Å². The van der Waals surface area contributed by atoms with Crippen LogP contribution in [0.2, 0.25) is 0 Å². The molecule has 1 N–H and O–H groups in total. The van der Waals surface area contributed by atoms with Gasteiger partial charge in [0.1, 0.15) is 5.82 Å². The van der Waals surface area contributed by atoms with Gasteiger partial charge in [0.15, 0.2) is 11.5 Å². The molecule has 0 radical (unpaired) electrons. The van der Waals surface area contributed by atoms with Crippen LogP contribution in [-0.4, -0.2) is 54.2 Å². The third-order valence-electron chi connectivity index (χ3n) is 5.94. The molecule has 7 heteroatoms. The Morgan fingerprint density at radius 1 is 1.06 bits per heavy atom. The first-order chi connectivity index (χ1) is 15.7. The van der Waals surface area contributed by atoms with Gasteiger partial charge in [-0.25, -0.2) is 4.98 Å². The number of carbonyl (C=O) groups is 1. The van der Waals surface area contributed by atoms with E-state index >= 15 is 0 Å². The number of piperidine rings is 1. The Labute approximate surface area is 189 Å². The third-order valence-corrected chi connectivity index (χ3v) is 5.94. The number of methoxy groups -OCH3 is 2. The largest absolute Gasteiger partial charge is 0.493 e. The molecule has 7 nitrogen and oxygen atoms in total. The number of rotatable bonds is 8. The Morgan fingerprint density at radius 2 is 1.81 bits per heavy atom. The maximum absolute atomic E-state index is 12.5. The fourth-order valence-corrected chi connectivity index (χ4v) is 4.23. The van der Waals surface area contributed by atoms with E-state index in [1.807, 2.05) is 30.5 Å². The topological polar surface area (TPSA) is 68.6 Å². The van der Waals surface area contributed by atoms with E-state index in [1.165, 1.54) is 0 Å². The summed E-state index contributed by atoms with van der Waals surface area (Å²) in [7, 11) is 3.18. The first-order valence-corrected chi connectivity index (χ1v) is 11.0. The highest BCUT2D eigenvalue weighted by molar-refractivity contribution is 5.92. The first kappa shape index (κ1) is 21.9. The second kappa shape index (κ2) is 10.3. The second-order valence-electron chi connectivity index (χ2n) is 8.11. The Hall–Kier alpha value is -3.32. The minimum Gasteiger partial charge on any atom is -0.493 e. The summed E-state index contributed by atoms with van der Waals surface area (Å²) in [5.74, 6) is 2.82. The Balaban J connectivity index is 1.27. The summed E-state index contributed by atoms with van der Waals surface area (Å²) in [6.45, 7) is 3.18. The van der Waals surface area contributed by atoms with Crippen molar-refractivity contribution in [1.82, 2.24) is 14.5 Å². The number of nitrogens with zero attached hydrogens (tertiary/aromatic N) is 3. The third kappa shape index (κ3) is 5.29. The average molecular weight is 435 g/mol. The van der Waals surface area contributed by atoms with Crippen LogP contribution in [-0.2, 0) is 11.3 Å². The number of imidazole rings is 1. The number of carbonyl (C=O) groups excluding carboxylic acids is 1. The molecule has 3 aromatic rings. The Bertz CT molecular complexity index is 1030. The molecular weight excluding hydrogens is 404 g/mol. The van der Waals surface area contributed by atoms with Gasteiger partial charge in [-0.05, 0) is 44.0 Å². The van der Waals surface area contributed by atoms with E-state index in [4.69, 9.17) is 9.47 Å². The van der Waals surface area contributed by atoms with Crippen LogP contribution in [0, 0.1) is 5.92 Å². The number of amides is 1. The highest BCUT2D eigenvalue weighted by atomic mass is 16.5. The van der Waals surface area contributed by atoms with E-state index in [-0.39, 0.29) is 5.91 Å². The van der Waals surface area contributed by atoms with Gasteiger partial charge >= 0.3 is 0 Å². The van der Waals surface area contributed by atoms with Gasteiger partial charge in [-0.2, -0.15) is 0 Å². The molecule has 0 spiro atoms. The van der Waals surface area contributed by atoms with Crippen LogP contribution in [0.4, 0.5) is 5.69 Å². The zero-order valence-electron chi connectivity index (χ0n) is 18.7. The molecule has 0 atom stereocenters. The van der Waals surface area contributed by atoms with Gasteiger partial charge in [0.05, 0.1) is 20.8 Å². The van der Waals surface area contributed by atoms with E-state index in [0.29, 0.717) is 29.6 Å². The van der Waals surface area contributed by atoms with Crippen molar-refractivity contribution in [2.75, 3.05) is 39.2 Å². The molecule has 1 aliphatic heterocycles. The number of aromatic nitrogens is 2. The molecule has 0 bridgehead atoms. The van der Waals surface area contributed by atoms with Gasteiger partial charge in [0, 0.05) is 36.3 Å². The van der Waals surface area contributed by atoms with Crippen LogP contribution in [0.3, 0.4) is 0 Å². The van der Waals surface area contributed by atoms with Crippen molar-refractivity contribution in [3.8, 4) is 22.9 Å². The summed E-state index contributed by atoms with van der Waals surface area (Å²) in [6, 6.07) is 15.7. The molecular formula is C25H30N4O3. The minimum atomic E-state index is -0.0170. The summed E-state index contributed by atoms with van der Waals surface area (Å²) >= 11 is 0. The number of hydrogen-bond acceptors (Lipinski definition) is 5. The molecule has 0 saturated carbocycles. The van der Waals surface area contributed by atoms with E-state index in [1.54, 1.807) is 26.4 Å². The summed E-state index contributed by atoms with van der Waals surface area (Å²) in [5.41, 5.74) is 1.85. The van der Waals surface area contributed by atoms with Crippen molar-refractivity contribution in [2.45, 2.75) is 19.4 Å². The quantitative estimate of drug-likeness (QED) is 0.582. The highest BCUT2D eigenvalue weighted by Gasteiger charge is 2.22. The number of nitrogens with one attached hydrogen (secondary N) is 1. The lowest BCUT2D eigenvalue weighted by Crippen LogP contribution is -2.40. The van der Waals surface area contributed by atoms with Crippen LogP contribution in [0.1, 0.15) is 12.8 Å². The van der Waals surface area contributed by atoms with Crippen molar-refractivity contribution < 1.29 is 14.3 Å². The van der Waals surface area contributed by atoms with Gasteiger partial charge in [-0.3, -0.25) is 9.69 Å². The summed E-state index contributed by atoms with van der Waals surface area (Å²) in [4.78, 5) is 19.3. The molecule has 168 valence electrons. The zero-order chi connectivity index (χ0) is 22.3. The minimum absolute atomic E-state index is 0.0170. The van der Waals surface area contributed by atoms with Crippen LogP contribution >= 0.6 is 0 Å². The predicted octanol–water partition coefficient (Wildman–Crippen LogP) is 3.92. The van der Waals surface area contributed by atoms with Crippen molar-refractivity contribution in [3.05, 3.63) is 60.9 Å². The molecule has 2 heterocycles. The van der Waals surface area contributed by atoms with Gasteiger partial charge in [0.2, 0.25) is 5.91 Å². The van der Waals surface area contributed by atoms with Gasteiger partial charge in [-0.15, -0.1) is 0 Å². The first-order valence-electron chi connectivity index (χ1n) is 11.0. The maximum atomic E-state index is 12.5. The van der Waals surface area contributed by atoms with Crippen LogP contribution < -0.4 is 14.8 Å². The van der Waals surface area contributed by atoms with E-state index < -0.39 is 0 Å². The molecule has 32 heavy (non-hydrogen) atoms. The number of likely N-dealkylation sites (tertiary alicyclic amines) is 1. The summed E-state index contributed by atoms with van der Waals surface area (Å²) in [5, 5.41) is 2.96. The van der Waals surface area contributed by atoms with Crippen molar-refractivity contribution in [1.29, 1.82) is 0 Å². The molecule has 4 rings (SSSR count). The standard InChI is InChI=1S/C25H30N4O3/c1-31-22-9-8-21(16-23(22)32-2)27-24(30)18-28-13-10-19(11-14-28)17-29-15-12-26-25(29)20-6-4-3-5-7-20/h3-9,12,15-16,19H,10-11,13-14,17-18H2,1-2H3,(H,27,30). The molecule has 1 saturated heterocycles. The van der Waals surface area contributed by atoms with Crippen LogP contribution in [0.15, 0.2) is 60.9 Å². The fraction of sp³-hybridized carbons (Fsp3) is 0.360. The maximum Gasteiger partial charge on any atom is 0.238 e. The Kier molecular flexibility index (Phi) is 7.07. The lowest BCUT2D eigenvalue weighted by atomic mass is 9.96. The zero-order valence-corrected chi connectivity index (χ0v) is 18.7. The monoisotopic (exact) mass is 434 g/mol. The fourth-order valence-electron chi connectivity index (χ4n) is 4.23. The Morgan fingerprint density at radius 3 is 2.53 bits per heavy atom. The van der Waals surface area contributed by atoms with Crippen LogP contribution in [0.5, 0.6) is 11.5 Å². The number of hydrogen-bond donors (Lipinski definition) is 1. The van der Waals surface area contributed by atoms with E-state index in [9.17, 15) is 4.79 Å².